The van der Waals surface area contributed by atoms with Crippen molar-refractivity contribution in [2.75, 3.05) is 12.2 Å². The minimum atomic E-state index is -2.44. The smallest absolute Gasteiger partial charge is 0.183 e. The van der Waals surface area contributed by atoms with Crippen LogP contribution < -0.4 is 10.4 Å². The summed E-state index contributed by atoms with van der Waals surface area (Å²) in [6.07, 6.45) is -2.44. The maximum atomic E-state index is 6.10. The summed E-state index contributed by atoms with van der Waals surface area (Å²) >= 11 is 6.10. The monoisotopic (exact) mass is 431 g/mol. The van der Waals surface area contributed by atoms with Gasteiger partial charge in [-0.15, -0.1) is 0 Å². The summed E-state index contributed by atoms with van der Waals surface area (Å²) in [6, 6.07) is 14.9. The van der Waals surface area contributed by atoms with E-state index in [1.165, 1.54) is 16.7 Å². The Morgan fingerprint density at radius 3 is 1.55 bits per heavy atom. The lowest BCUT2D eigenvalue weighted by molar-refractivity contribution is 0.468. The predicted molar refractivity (Wildman–Crippen MR) is 134 cm³/mol. The van der Waals surface area contributed by atoms with Crippen molar-refractivity contribution in [3.8, 4) is 0 Å². The van der Waals surface area contributed by atoms with Gasteiger partial charge in [0.25, 0.3) is 0 Å². The molecule has 0 fully saturated rings. The Balaban J connectivity index is 2.83. The Hall–Kier alpha value is -1.15. The fourth-order valence-corrected chi connectivity index (χ4v) is 5.54. The van der Waals surface area contributed by atoms with Crippen molar-refractivity contribution < 1.29 is 4.52 Å². The summed E-state index contributed by atoms with van der Waals surface area (Å²) in [7, 11) is 1.72. The van der Waals surface area contributed by atoms with Crippen molar-refractivity contribution in [3.05, 3.63) is 59.2 Å². The molecule has 0 amide bonds. The van der Waals surface area contributed by atoms with E-state index < -0.39 is 6.42 Å². The van der Waals surface area contributed by atoms with Gasteiger partial charge in [-0.3, -0.25) is 0 Å². The molecule has 0 aliphatic heterocycles. The van der Waals surface area contributed by atoms with Gasteiger partial charge in [0.05, 0.1) is 0 Å². The molecule has 1 N–H and O–H groups in total. The third kappa shape index (κ3) is 5.51. The molecule has 2 aromatic carbocycles. The van der Waals surface area contributed by atoms with Crippen molar-refractivity contribution in [2.24, 2.45) is 0 Å². The molecule has 0 aliphatic carbocycles. The summed E-state index contributed by atoms with van der Waals surface area (Å²) in [5.74, 6) is 0. The molecule has 0 saturated heterocycles. The van der Waals surface area contributed by atoms with Crippen LogP contribution in [0.3, 0.4) is 0 Å². The van der Waals surface area contributed by atoms with Gasteiger partial charge in [0.2, 0.25) is 0 Å². The minimum absolute atomic E-state index is 0.0335. The second-order valence-corrected chi connectivity index (χ2v) is 14.6. The first kappa shape index (κ1) is 24.1. The van der Waals surface area contributed by atoms with E-state index in [1.807, 2.05) is 18.2 Å². The van der Waals surface area contributed by atoms with Crippen molar-refractivity contribution >= 4 is 29.2 Å². The average molecular weight is 432 g/mol. The number of benzene rings is 2. The van der Waals surface area contributed by atoms with Crippen LogP contribution in [-0.2, 0) is 32.6 Å². The van der Waals surface area contributed by atoms with Gasteiger partial charge in [-0.25, -0.2) is 0 Å². The first-order chi connectivity index (χ1) is 13.1. The van der Waals surface area contributed by atoms with E-state index in [0.29, 0.717) is 0 Å². The van der Waals surface area contributed by atoms with Crippen LogP contribution in [0, 0.1) is 0 Å². The van der Waals surface area contributed by atoms with Gasteiger partial charge in [0, 0.05) is 18.1 Å². The van der Waals surface area contributed by atoms with Gasteiger partial charge >= 0.3 is 0 Å². The lowest BCUT2D eigenvalue weighted by Crippen LogP contribution is -2.25. The molecule has 2 aromatic rings. The molecule has 0 radical (unpaired) electrons. The van der Waals surface area contributed by atoms with Crippen LogP contribution in [0.4, 0.5) is 5.69 Å². The molecule has 0 aromatic heterocycles. The maximum absolute atomic E-state index is 6.10. The Morgan fingerprint density at radius 1 is 0.759 bits per heavy atom. The highest BCUT2D eigenvalue weighted by Crippen LogP contribution is 2.50. The molecular weight excluding hydrogens is 393 g/mol. The third-order valence-corrected chi connectivity index (χ3v) is 8.60. The van der Waals surface area contributed by atoms with Crippen LogP contribution >= 0.6 is 6.42 Å². The number of hydrogen-bond donors (Lipinski definition) is 1. The Kier molecular flexibility index (Phi) is 6.80. The topological polar surface area (TPSA) is 21.3 Å². The number of anilines is 1. The quantitative estimate of drug-likeness (QED) is 0.514. The zero-order chi connectivity index (χ0) is 22.3. The van der Waals surface area contributed by atoms with Crippen LogP contribution in [0.5, 0.6) is 0 Å². The van der Waals surface area contributed by atoms with Gasteiger partial charge < -0.3 is 9.61 Å². The zero-order valence-corrected chi connectivity index (χ0v) is 21.5. The molecule has 0 aliphatic rings. The summed E-state index contributed by atoms with van der Waals surface area (Å²) in [4.78, 5) is 0. The normalized spacial score (nSPS) is 15.1. The van der Waals surface area contributed by atoms with Crippen LogP contribution in [0.1, 0.15) is 79.0 Å². The van der Waals surface area contributed by atoms with Gasteiger partial charge in [0.15, 0.2) is 6.42 Å². The fraction of sp³-hybridized carbons (Fsp3) is 0.520. The minimum Gasteiger partial charge on any atom is -0.334 e. The molecule has 29 heavy (non-hydrogen) atoms. The molecule has 0 bridgehead atoms. The Labute approximate surface area is 183 Å². The summed E-state index contributed by atoms with van der Waals surface area (Å²) in [5, 5.41) is 4.79. The average Bonchev–Trinajstić information content (AvgIpc) is 2.59. The number of nitrogens with one attached hydrogen (secondary N) is 1. The highest BCUT2D eigenvalue weighted by Gasteiger charge is 2.32. The molecule has 4 heteroatoms. The van der Waals surface area contributed by atoms with E-state index in [0.717, 1.165) is 11.0 Å². The van der Waals surface area contributed by atoms with Crippen molar-refractivity contribution in [1.82, 2.24) is 0 Å². The molecule has 0 heterocycles. The highest BCUT2D eigenvalue weighted by atomic mass is 32.4. The van der Waals surface area contributed by atoms with E-state index in [4.69, 9.17) is 16.3 Å². The molecule has 1 atom stereocenters. The molecule has 2 rings (SSSR count). The molecule has 0 spiro atoms. The van der Waals surface area contributed by atoms with Crippen LogP contribution in [0.15, 0.2) is 42.5 Å². The number of hydrogen-bond acceptors (Lipinski definition) is 2. The lowest BCUT2D eigenvalue weighted by atomic mass is 9.74. The lowest BCUT2D eigenvalue weighted by Gasteiger charge is -2.36. The third-order valence-electron chi connectivity index (χ3n) is 5.23. The largest absolute Gasteiger partial charge is 0.334 e. The van der Waals surface area contributed by atoms with Crippen LogP contribution in [-0.4, -0.2) is 7.11 Å². The SMILES string of the molecule is CO[P@](=S)(Nc1c(C(C)(C)C)cc(C(C)(C)C)cc1C(C)(C)C)c1ccccc1. The van der Waals surface area contributed by atoms with E-state index in [-0.39, 0.29) is 16.2 Å². The fourth-order valence-electron chi connectivity index (χ4n) is 3.37. The van der Waals surface area contributed by atoms with E-state index >= 15 is 0 Å². The first-order valence-electron chi connectivity index (χ1n) is 10.3. The standard InChI is InChI=1S/C25H38NOPS/c1-23(2,3)18-16-20(24(4,5)6)22(21(17-18)25(7,8)9)26-28(29,27-10)19-14-12-11-13-15-19/h11-17H,1-10H3,(H,26,29)/t28-/m1/s1. The van der Waals surface area contributed by atoms with Crippen molar-refractivity contribution in [2.45, 2.75) is 78.6 Å². The molecular formula is C25H38NOPS. The molecule has 0 saturated carbocycles. The van der Waals surface area contributed by atoms with Crippen LogP contribution in [0.2, 0.25) is 0 Å². The van der Waals surface area contributed by atoms with E-state index in [1.54, 1.807) is 7.11 Å². The summed E-state index contributed by atoms with van der Waals surface area (Å²) in [6.45, 7) is 20.4. The first-order valence-corrected chi connectivity index (χ1v) is 13.0. The second-order valence-electron chi connectivity index (χ2n) is 10.9. The summed E-state index contributed by atoms with van der Waals surface area (Å²) < 4.78 is 5.98. The van der Waals surface area contributed by atoms with Gasteiger partial charge in [-0.1, -0.05) is 92.6 Å². The maximum Gasteiger partial charge on any atom is 0.183 e. The van der Waals surface area contributed by atoms with E-state index in [9.17, 15) is 0 Å². The van der Waals surface area contributed by atoms with Gasteiger partial charge in [-0.2, -0.15) is 0 Å². The van der Waals surface area contributed by atoms with E-state index in [2.05, 4.69) is 91.7 Å². The predicted octanol–water partition coefficient (Wildman–Crippen LogP) is 7.27. The zero-order valence-electron chi connectivity index (χ0n) is 19.8. The molecule has 160 valence electrons. The highest BCUT2D eigenvalue weighted by molar-refractivity contribution is 8.16. The van der Waals surface area contributed by atoms with Crippen molar-refractivity contribution in [3.63, 3.8) is 0 Å². The molecule has 0 unspecified atom stereocenters. The Morgan fingerprint density at radius 2 is 1.21 bits per heavy atom. The summed E-state index contributed by atoms with van der Waals surface area (Å²) in [5.41, 5.74) is 5.06. The molecule has 2 nitrogen and oxygen atoms in total. The van der Waals surface area contributed by atoms with Crippen molar-refractivity contribution in [1.29, 1.82) is 0 Å². The van der Waals surface area contributed by atoms with Gasteiger partial charge in [0.1, 0.15) is 0 Å². The number of rotatable bonds is 4. The second kappa shape index (κ2) is 8.17. The van der Waals surface area contributed by atoms with Crippen LogP contribution in [0.25, 0.3) is 0 Å². The van der Waals surface area contributed by atoms with Gasteiger partial charge in [-0.05, 0) is 56.9 Å². The Bertz CT molecular complexity index is 864.